The number of amidine groups is 1. The Hall–Kier alpha value is -6.38. The first-order chi connectivity index (χ1) is 24.8. The van der Waals surface area contributed by atoms with Crippen LogP contribution in [0.2, 0.25) is 0 Å². The molecular formula is C48H34N2. The molecule has 0 fully saturated rings. The zero-order chi connectivity index (χ0) is 33.3. The molecule has 0 N–H and O–H groups in total. The Morgan fingerprint density at radius 2 is 0.980 bits per heavy atom. The van der Waals surface area contributed by atoms with Crippen LogP contribution in [0.3, 0.4) is 0 Å². The van der Waals surface area contributed by atoms with E-state index in [1.807, 2.05) is 6.07 Å². The number of hydrogen-bond acceptors (Lipinski definition) is 2. The molecule has 0 amide bonds. The average Bonchev–Trinajstić information content (AvgIpc) is 3.18. The molecule has 0 aliphatic carbocycles. The molecule has 2 nitrogen and oxygen atoms in total. The summed E-state index contributed by atoms with van der Waals surface area (Å²) in [5.41, 5.74) is 10.1. The average molecular weight is 639 g/mol. The van der Waals surface area contributed by atoms with Crippen LogP contribution in [0.1, 0.15) is 29.5 Å². The maximum Gasteiger partial charge on any atom is 0.160 e. The number of benzene rings is 8. The molecule has 1 aliphatic heterocycles. The molecule has 236 valence electrons. The Kier molecular flexibility index (Phi) is 7.68. The fourth-order valence-electron chi connectivity index (χ4n) is 7.18. The van der Waals surface area contributed by atoms with Crippen LogP contribution < -0.4 is 0 Å². The van der Waals surface area contributed by atoms with Crippen molar-refractivity contribution in [1.82, 2.24) is 0 Å². The second-order valence-electron chi connectivity index (χ2n) is 12.9. The van der Waals surface area contributed by atoms with Gasteiger partial charge in [0.2, 0.25) is 0 Å². The van der Waals surface area contributed by atoms with Crippen molar-refractivity contribution in [1.29, 1.82) is 0 Å². The number of fused-ring (bicyclic) bond motifs is 4. The van der Waals surface area contributed by atoms with Gasteiger partial charge in [-0.05, 0) is 97.2 Å². The summed E-state index contributed by atoms with van der Waals surface area (Å²) >= 11 is 0. The van der Waals surface area contributed by atoms with Gasteiger partial charge in [-0.25, -0.2) is 9.98 Å². The monoisotopic (exact) mass is 638 g/mol. The third-order valence-corrected chi connectivity index (χ3v) is 9.74. The number of allylic oxidation sites excluding steroid dienone is 1. The molecule has 0 atom stereocenters. The largest absolute Gasteiger partial charge is 0.232 e. The first-order valence-corrected chi connectivity index (χ1v) is 17.3. The Labute approximate surface area is 292 Å². The van der Waals surface area contributed by atoms with Crippen molar-refractivity contribution in [3.63, 3.8) is 0 Å². The van der Waals surface area contributed by atoms with Crippen molar-refractivity contribution < 1.29 is 0 Å². The second-order valence-corrected chi connectivity index (χ2v) is 12.9. The zero-order valence-electron chi connectivity index (χ0n) is 27.6. The van der Waals surface area contributed by atoms with Crippen LogP contribution in [0.25, 0.3) is 60.3 Å². The summed E-state index contributed by atoms with van der Waals surface area (Å²) in [4.78, 5) is 10.6. The van der Waals surface area contributed by atoms with Gasteiger partial charge in [-0.1, -0.05) is 158 Å². The van der Waals surface area contributed by atoms with E-state index in [2.05, 4.69) is 176 Å². The van der Waals surface area contributed by atoms with Crippen LogP contribution in [0.4, 0.5) is 0 Å². The van der Waals surface area contributed by atoms with E-state index < -0.39 is 0 Å². The van der Waals surface area contributed by atoms with Crippen molar-refractivity contribution in [2.24, 2.45) is 9.98 Å². The lowest BCUT2D eigenvalue weighted by atomic mass is 9.90. The van der Waals surface area contributed by atoms with Gasteiger partial charge >= 0.3 is 0 Å². The Morgan fingerprint density at radius 1 is 0.360 bits per heavy atom. The van der Waals surface area contributed by atoms with Crippen LogP contribution >= 0.6 is 0 Å². The topological polar surface area (TPSA) is 24.7 Å². The molecule has 0 saturated heterocycles. The van der Waals surface area contributed by atoms with Crippen LogP contribution in [-0.2, 0) is 0 Å². The summed E-state index contributed by atoms with van der Waals surface area (Å²) in [6, 6.07) is 62.9. The minimum absolute atomic E-state index is 0.731. The van der Waals surface area contributed by atoms with Gasteiger partial charge in [-0.3, -0.25) is 0 Å². The highest BCUT2D eigenvalue weighted by Crippen LogP contribution is 2.38. The Balaban J connectivity index is 1.23. The maximum atomic E-state index is 5.35. The predicted octanol–water partition coefficient (Wildman–Crippen LogP) is 12.6. The van der Waals surface area contributed by atoms with Gasteiger partial charge in [0.1, 0.15) is 0 Å². The molecule has 0 spiro atoms. The predicted molar refractivity (Wildman–Crippen MR) is 213 cm³/mol. The maximum absolute atomic E-state index is 5.35. The van der Waals surface area contributed by atoms with Gasteiger partial charge in [0.05, 0.1) is 11.4 Å². The number of hydrogen-bond donors (Lipinski definition) is 0. The molecule has 0 bridgehead atoms. The SMILES string of the molecule is C1=C(c2cc(-c3ccc4cc(-c5ccccc5)ccc4c3)c3ccc4ccccc4c3c2)N=C(c2ccccc2)N=C(c2ccccc2)CC1. The minimum atomic E-state index is 0.731. The van der Waals surface area contributed by atoms with Crippen LogP contribution in [0.15, 0.2) is 192 Å². The molecule has 1 aliphatic rings. The van der Waals surface area contributed by atoms with Gasteiger partial charge in [0.25, 0.3) is 0 Å². The van der Waals surface area contributed by atoms with Crippen LogP contribution in [-0.4, -0.2) is 11.5 Å². The number of nitrogens with zero attached hydrogens (tertiary/aromatic N) is 2. The summed E-state index contributed by atoms with van der Waals surface area (Å²) in [6.45, 7) is 0. The van der Waals surface area contributed by atoms with Crippen molar-refractivity contribution >= 4 is 49.6 Å². The molecular weight excluding hydrogens is 605 g/mol. The molecule has 9 rings (SSSR count). The summed E-state index contributed by atoms with van der Waals surface area (Å²) in [5.74, 6) is 0.731. The van der Waals surface area contributed by atoms with Gasteiger partial charge < -0.3 is 0 Å². The summed E-state index contributed by atoms with van der Waals surface area (Å²) in [5, 5.41) is 7.38. The lowest BCUT2D eigenvalue weighted by molar-refractivity contribution is 1.08. The third-order valence-electron chi connectivity index (χ3n) is 9.74. The lowest BCUT2D eigenvalue weighted by Gasteiger charge is -2.16. The molecule has 0 radical (unpaired) electrons. The van der Waals surface area contributed by atoms with Gasteiger partial charge in [-0.2, -0.15) is 0 Å². The molecule has 8 aromatic rings. The number of aliphatic imine (C=N–C) groups is 2. The quantitative estimate of drug-likeness (QED) is 0.168. The molecule has 50 heavy (non-hydrogen) atoms. The molecule has 0 aromatic heterocycles. The fourth-order valence-corrected chi connectivity index (χ4v) is 7.18. The van der Waals surface area contributed by atoms with E-state index in [1.54, 1.807) is 0 Å². The van der Waals surface area contributed by atoms with Crippen LogP contribution in [0, 0.1) is 0 Å². The second kappa shape index (κ2) is 12.9. The summed E-state index contributed by atoms with van der Waals surface area (Å²) in [7, 11) is 0. The van der Waals surface area contributed by atoms with E-state index in [-0.39, 0.29) is 0 Å². The van der Waals surface area contributed by atoms with Crippen molar-refractivity contribution in [2.45, 2.75) is 12.8 Å². The highest BCUT2D eigenvalue weighted by atomic mass is 14.9. The first kappa shape index (κ1) is 29.7. The van der Waals surface area contributed by atoms with E-state index in [4.69, 9.17) is 9.98 Å². The fraction of sp³-hybridized carbons (Fsp3) is 0.0417. The van der Waals surface area contributed by atoms with Gasteiger partial charge in [0.15, 0.2) is 5.84 Å². The lowest BCUT2D eigenvalue weighted by Crippen LogP contribution is -2.09. The third kappa shape index (κ3) is 5.71. The minimum Gasteiger partial charge on any atom is -0.232 e. The highest BCUT2D eigenvalue weighted by Gasteiger charge is 2.16. The normalized spacial score (nSPS) is 13.4. The van der Waals surface area contributed by atoms with Crippen molar-refractivity contribution in [3.05, 3.63) is 199 Å². The smallest absolute Gasteiger partial charge is 0.160 e. The molecule has 0 saturated carbocycles. The van der Waals surface area contributed by atoms with E-state index in [1.165, 1.54) is 54.6 Å². The van der Waals surface area contributed by atoms with Crippen molar-refractivity contribution in [3.8, 4) is 22.3 Å². The van der Waals surface area contributed by atoms with Crippen LogP contribution in [0.5, 0.6) is 0 Å². The first-order valence-electron chi connectivity index (χ1n) is 17.3. The molecule has 1 heterocycles. The van der Waals surface area contributed by atoms with Gasteiger partial charge in [-0.15, -0.1) is 0 Å². The highest BCUT2D eigenvalue weighted by molar-refractivity contribution is 6.16. The zero-order valence-corrected chi connectivity index (χ0v) is 27.6. The van der Waals surface area contributed by atoms with E-state index >= 15 is 0 Å². The molecule has 8 aromatic carbocycles. The summed E-state index contributed by atoms with van der Waals surface area (Å²) in [6.07, 6.45) is 3.97. The Bertz CT molecular complexity index is 2610. The standard InChI is InChI=1S/C48H34N2/c1-4-13-33(14-5-1)37-23-24-39-30-40(26-25-38(39)29-37)44-31-41(32-45-42-20-11-10-15-34(42)27-28-43(44)45)47-22-12-21-46(35-16-6-2-7-17-35)49-48(50-47)36-18-8-3-9-19-36/h1-11,13-20,22-32H,12,21H2. The Morgan fingerprint density at radius 3 is 1.74 bits per heavy atom. The number of rotatable bonds is 5. The van der Waals surface area contributed by atoms with Gasteiger partial charge in [0, 0.05) is 11.1 Å². The summed E-state index contributed by atoms with van der Waals surface area (Å²) < 4.78 is 0. The molecule has 2 heteroatoms. The van der Waals surface area contributed by atoms with Crippen molar-refractivity contribution in [2.75, 3.05) is 0 Å². The van der Waals surface area contributed by atoms with E-state index in [9.17, 15) is 0 Å². The van der Waals surface area contributed by atoms with E-state index in [0.717, 1.165) is 46.8 Å². The molecule has 0 unspecified atom stereocenters. The van der Waals surface area contributed by atoms with E-state index in [0.29, 0.717) is 0 Å².